The summed E-state index contributed by atoms with van der Waals surface area (Å²) in [5.41, 5.74) is 2.69. The summed E-state index contributed by atoms with van der Waals surface area (Å²) in [5, 5.41) is 18.6. The van der Waals surface area contributed by atoms with Gasteiger partial charge in [-0.1, -0.05) is 29.8 Å². The van der Waals surface area contributed by atoms with Crippen LogP contribution in [0, 0.1) is 13.8 Å². The molecule has 1 amide bonds. The van der Waals surface area contributed by atoms with Crippen LogP contribution in [-0.4, -0.2) is 48.5 Å². The number of carbonyl (C=O) groups is 2. The van der Waals surface area contributed by atoms with Gasteiger partial charge in [-0.2, -0.15) is 9.90 Å². The van der Waals surface area contributed by atoms with Gasteiger partial charge in [-0.25, -0.2) is 4.79 Å². The van der Waals surface area contributed by atoms with Crippen molar-refractivity contribution in [3.63, 3.8) is 0 Å². The monoisotopic (exact) mass is 369 g/mol. The molecule has 0 unspecified atom stereocenters. The van der Waals surface area contributed by atoms with E-state index in [4.69, 9.17) is 4.74 Å². The number of amides is 1. The Morgan fingerprint density at radius 1 is 1.15 bits per heavy atom. The highest BCUT2D eigenvalue weighted by molar-refractivity contribution is 5.92. The van der Waals surface area contributed by atoms with Crippen LogP contribution in [0.2, 0.25) is 0 Å². The molecule has 27 heavy (non-hydrogen) atoms. The molecule has 0 aliphatic rings. The average Bonchev–Trinajstić information content (AvgIpc) is 3.20. The highest BCUT2D eigenvalue weighted by Crippen LogP contribution is 2.13. The Hall–Kier alpha value is -3.56. The molecule has 3 rings (SSSR count). The molecule has 10 heteroatoms. The van der Waals surface area contributed by atoms with Gasteiger partial charge < -0.3 is 10.1 Å². The number of hydrogen-bond donors (Lipinski definition) is 1. The van der Waals surface area contributed by atoms with Crippen LogP contribution in [0.25, 0.3) is 11.4 Å². The van der Waals surface area contributed by atoms with Crippen LogP contribution in [0.15, 0.2) is 30.3 Å². The second-order valence-electron chi connectivity index (χ2n) is 6.01. The molecular formula is C17H19N7O3. The molecule has 2 aromatic heterocycles. The van der Waals surface area contributed by atoms with Crippen molar-refractivity contribution in [2.24, 2.45) is 7.05 Å². The van der Waals surface area contributed by atoms with Gasteiger partial charge in [-0.15, -0.1) is 10.2 Å². The van der Waals surface area contributed by atoms with Crippen molar-refractivity contribution in [3.8, 4) is 11.4 Å². The lowest BCUT2D eigenvalue weighted by molar-refractivity contribution is -0.148. The van der Waals surface area contributed by atoms with Crippen LogP contribution in [0.4, 0.5) is 5.82 Å². The van der Waals surface area contributed by atoms with E-state index in [1.807, 2.05) is 38.1 Å². The van der Waals surface area contributed by atoms with Gasteiger partial charge in [0.1, 0.15) is 5.82 Å². The van der Waals surface area contributed by atoms with Crippen LogP contribution in [0.1, 0.15) is 11.3 Å². The van der Waals surface area contributed by atoms with Crippen molar-refractivity contribution >= 4 is 17.7 Å². The molecule has 0 fully saturated rings. The van der Waals surface area contributed by atoms with Gasteiger partial charge in [0.2, 0.25) is 5.82 Å². The van der Waals surface area contributed by atoms with Crippen LogP contribution >= 0.6 is 0 Å². The molecule has 0 saturated heterocycles. The van der Waals surface area contributed by atoms with E-state index in [1.54, 1.807) is 13.1 Å². The first-order chi connectivity index (χ1) is 12.9. The summed E-state index contributed by atoms with van der Waals surface area (Å²) in [6, 6.07) is 9.34. The Morgan fingerprint density at radius 2 is 1.89 bits per heavy atom. The summed E-state index contributed by atoms with van der Waals surface area (Å²) in [4.78, 5) is 24.9. The van der Waals surface area contributed by atoms with Gasteiger partial charge in [0.15, 0.2) is 13.2 Å². The van der Waals surface area contributed by atoms with Gasteiger partial charge in [0, 0.05) is 18.7 Å². The molecule has 0 atom stereocenters. The Balaban J connectivity index is 1.50. The molecule has 140 valence electrons. The SMILES string of the molecule is Cc1ccc(-c2nnn(CC(=O)OCC(=O)Nc3cc(C)nn3C)n2)cc1. The normalized spacial score (nSPS) is 10.6. The fourth-order valence-corrected chi connectivity index (χ4v) is 2.34. The zero-order chi connectivity index (χ0) is 19.4. The quantitative estimate of drug-likeness (QED) is 0.641. The predicted molar refractivity (Wildman–Crippen MR) is 95.5 cm³/mol. The predicted octanol–water partition coefficient (Wildman–Crippen LogP) is 0.872. The number of esters is 1. The molecule has 0 aliphatic heterocycles. The molecule has 0 aliphatic carbocycles. The van der Waals surface area contributed by atoms with Crippen molar-refractivity contribution in [1.29, 1.82) is 0 Å². The fraction of sp³-hybridized carbons (Fsp3) is 0.294. The van der Waals surface area contributed by atoms with Crippen molar-refractivity contribution in [3.05, 3.63) is 41.6 Å². The van der Waals surface area contributed by atoms with Crippen LogP contribution < -0.4 is 5.32 Å². The van der Waals surface area contributed by atoms with E-state index in [1.165, 1.54) is 4.68 Å². The lowest BCUT2D eigenvalue weighted by atomic mass is 10.1. The minimum absolute atomic E-state index is 0.239. The second kappa shape index (κ2) is 7.77. The summed E-state index contributed by atoms with van der Waals surface area (Å²) in [7, 11) is 1.70. The summed E-state index contributed by atoms with van der Waals surface area (Å²) in [5.74, 6) is -0.168. The van der Waals surface area contributed by atoms with Gasteiger partial charge >= 0.3 is 5.97 Å². The maximum atomic E-state index is 11.9. The molecule has 1 N–H and O–H groups in total. The van der Waals surface area contributed by atoms with Crippen LogP contribution in [0.5, 0.6) is 0 Å². The maximum Gasteiger partial charge on any atom is 0.330 e. The zero-order valence-electron chi connectivity index (χ0n) is 15.2. The molecule has 10 nitrogen and oxygen atoms in total. The topological polar surface area (TPSA) is 117 Å². The maximum absolute atomic E-state index is 11.9. The first-order valence-electron chi connectivity index (χ1n) is 8.21. The number of rotatable bonds is 6. The average molecular weight is 369 g/mol. The van der Waals surface area contributed by atoms with E-state index in [-0.39, 0.29) is 6.54 Å². The minimum atomic E-state index is -0.640. The minimum Gasteiger partial charge on any atom is -0.454 e. The third kappa shape index (κ3) is 4.75. The van der Waals surface area contributed by atoms with Gasteiger partial charge in [0.25, 0.3) is 5.91 Å². The summed E-state index contributed by atoms with van der Waals surface area (Å²) < 4.78 is 6.48. The molecular weight excluding hydrogens is 350 g/mol. The highest BCUT2D eigenvalue weighted by Gasteiger charge is 2.13. The number of benzene rings is 1. The molecule has 2 heterocycles. The Kier molecular flexibility index (Phi) is 5.25. The number of nitrogens with zero attached hydrogens (tertiary/aromatic N) is 6. The third-order valence-corrected chi connectivity index (χ3v) is 3.67. The number of tetrazole rings is 1. The smallest absolute Gasteiger partial charge is 0.330 e. The van der Waals surface area contributed by atoms with Crippen LogP contribution in [-0.2, 0) is 27.9 Å². The van der Waals surface area contributed by atoms with E-state index in [0.717, 1.165) is 21.6 Å². The van der Waals surface area contributed by atoms with Crippen molar-refractivity contribution in [2.75, 3.05) is 11.9 Å². The number of anilines is 1. The molecule has 0 bridgehead atoms. The number of ether oxygens (including phenoxy) is 1. The molecule has 3 aromatic rings. The summed E-state index contributed by atoms with van der Waals surface area (Å²) in [6.45, 7) is 3.14. The number of hydrogen-bond acceptors (Lipinski definition) is 7. The van der Waals surface area contributed by atoms with E-state index in [2.05, 4.69) is 25.8 Å². The largest absolute Gasteiger partial charge is 0.454 e. The molecule has 0 saturated carbocycles. The molecule has 0 radical (unpaired) electrons. The number of aromatic nitrogens is 6. The summed E-state index contributed by atoms with van der Waals surface area (Å²) >= 11 is 0. The summed E-state index contributed by atoms with van der Waals surface area (Å²) in [6.07, 6.45) is 0. The van der Waals surface area contributed by atoms with Crippen LogP contribution in [0.3, 0.4) is 0 Å². The van der Waals surface area contributed by atoms with E-state index in [0.29, 0.717) is 11.6 Å². The Bertz CT molecular complexity index is 959. The lowest BCUT2D eigenvalue weighted by Crippen LogP contribution is -2.24. The number of carbonyl (C=O) groups excluding carboxylic acids is 2. The standard InChI is InChI=1S/C17H19N7O3/c1-11-4-6-13(7-5-11)17-19-22-24(21-17)9-16(26)27-10-15(25)18-14-8-12(2)20-23(14)3/h4-8H,9-10H2,1-3H3,(H,18,25). The Labute approximate surface area is 155 Å². The molecule has 0 spiro atoms. The van der Waals surface area contributed by atoms with Gasteiger partial charge in [-0.05, 0) is 19.1 Å². The van der Waals surface area contributed by atoms with Crippen molar-refractivity contribution in [2.45, 2.75) is 20.4 Å². The van der Waals surface area contributed by atoms with E-state index < -0.39 is 18.5 Å². The van der Waals surface area contributed by atoms with Crippen molar-refractivity contribution in [1.82, 2.24) is 30.0 Å². The highest BCUT2D eigenvalue weighted by atomic mass is 16.5. The first-order valence-corrected chi connectivity index (χ1v) is 8.21. The number of aryl methyl sites for hydroxylation is 3. The van der Waals surface area contributed by atoms with Gasteiger partial charge in [-0.3, -0.25) is 9.48 Å². The number of nitrogens with one attached hydrogen (secondary N) is 1. The van der Waals surface area contributed by atoms with E-state index >= 15 is 0 Å². The van der Waals surface area contributed by atoms with E-state index in [9.17, 15) is 9.59 Å². The third-order valence-electron chi connectivity index (χ3n) is 3.67. The van der Waals surface area contributed by atoms with Crippen molar-refractivity contribution < 1.29 is 14.3 Å². The Morgan fingerprint density at radius 3 is 2.56 bits per heavy atom. The second-order valence-corrected chi connectivity index (χ2v) is 6.01. The van der Waals surface area contributed by atoms with Gasteiger partial charge in [0.05, 0.1) is 5.69 Å². The first kappa shape index (κ1) is 18.2. The fourth-order valence-electron chi connectivity index (χ4n) is 2.34. The zero-order valence-corrected chi connectivity index (χ0v) is 15.2. The molecule has 1 aromatic carbocycles. The lowest BCUT2D eigenvalue weighted by Gasteiger charge is -2.06.